The summed E-state index contributed by atoms with van der Waals surface area (Å²) in [6.07, 6.45) is 0. The highest BCUT2D eigenvalue weighted by atomic mass is 35.5. The number of nitro benzene ring substituents is 1. The van der Waals surface area contributed by atoms with E-state index in [9.17, 15) is 14.9 Å². The molecule has 2 N–H and O–H groups in total. The lowest BCUT2D eigenvalue weighted by molar-refractivity contribution is -0.384. The molecule has 0 radical (unpaired) electrons. The van der Waals surface area contributed by atoms with Crippen LogP contribution in [0.2, 0.25) is 10.0 Å². The number of nitrogens with zero attached hydrogens (tertiary/aromatic N) is 1. The Balaban J connectivity index is 1.76. The number of hydrogen-bond donors (Lipinski definition) is 2. The monoisotopic (exact) mass is 367 g/mol. The van der Waals surface area contributed by atoms with Gasteiger partial charge in [0.25, 0.3) is 5.69 Å². The summed E-state index contributed by atoms with van der Waals surface area (Å²) < 4.78 is 0. The number of ketones is 1. The second-order valence-corrected chi connectivity index (χ2v) is 5.74. The first-order chi connectivity index (χ1) is 11.5. The van der Waals surface area contributed by atoms with Crippen molar-refractivity contribution >= 4 is 40.4 Å². The van der Waals surface area contributed by atoms with Crippen LogP contribution in [0.15, 0.2) is 42.5 Å². The molecule has 0 saturated carbocycles. The first kappa shape index (κ1) is 18.2. The third-order valence-electron chi connectivity index (χ3n) is 3.25. The molecule has 126 valence electrons. The molecule has 0 atom stereocenters. The van der Waals surface area contributed by atoms with E-state index in [-0.39, 0.29) is 18.0 Å². The predicted molar refractivity (Wildman–Crippen MR) is 95.2 cm³/mol. The van der Waals surface area contributed by atoms with E-state index < -0.39 is 4.92 Å². The van der Waals surface area contributed by atoms with Crippen molar-refractivity contribution in [3.05, 3.63) is 68.2 Å². The fraction of sp³-hybridized carbons (Fsp3) is 0.188. The van der Waals surface area contributed by atoms with Crippen molar-refractivity contribution < 1.29 is 9.72 Å². The molecule has 0 amide bonds. The standard InChI is InChI=1S/C16H15Cl2N3O3/c17-13-2-1-3-14(18)16(13)20-9-8-19-10-15(22)11-4-6-12(7-5-11)21(23)24/h1-7,19-20H,8-10H2. The van der Waals surface area contributed by atoms with E-state index in [1.54, 1.807) is 18.2 Å². The summed E-state index contributed by atoms with van der Waals surface area (Å²) in [5.74, 6) is -0.138. The Labute approximate surface area is 148 Å². The number of carbonyl (C=O) groups is 1. The van der Waals surface area contributed by atoms with E-state index in [1.165, 1.54) is 24.3 Å². The molecule has 0 fully saturated rings. The van der Waals surface area contributed by atoms with Crippen LogP contribution in [0.5, 0.6) is 0 Å². The van der Waals surface area contributed by atoms with Gasteiger partial charge in [0.1, 0.15) is 0 Å². The zero-order chi connectivity index (χ0) is 17.5. The molecule has 2 aromatic rings. The highest BCUT2D eigenvalue weighted by molar-refractivity contribution is 6.39. The van der Waals surface area contributed by atoms with Gasteiger partial charge in [-0.1, -0.05) is 29.3 Å². The van der Waals surface area contributed by atoms with Crippen LogP contribution in [0.25, 0.3) is 0 Å². The molecule has 0 aliphatic carbocycles. The summed E-state index contributed by atoms with van der Waals surface area (Å²) in [5.41, 5.74) is 1.04. The molecule has 6 nitrogen and oxygen atoms in total. The third-order valence-corrected chi connectivity index (χ3v) is 3.88. The normalized spacial score (nSPS) is 10.4. The van der Waals surface area contributed by atoms with Gasteiger partial charge in [0.2, 0.25) is 0 Å². The number of nitrogens with one attached hydrogen (secondary N) is 2. The number of para-hydroxylation sites is 1. The quantitative estimate of drug-likeness (QED) is 0.321. The number of halogens is 2. The molecule has 0 bridgehead atoms. The minimum absolute atomic E-state index is 0.0414. The Morgan fingerprint density at radius 1 is 1.04 bits per heavy atom. The third kappa shape index (κ3) is 4.92. The van der Waals surface area contributed by atoms with Crippen LogP contribution >= 0.6 is 23.2 Å². The van der Waals surface area contributed by atoms with Crippen molar-refractivity contribution in [2.45, 2.75) is 0 Å². The molecular formula is C16H15Cl2N3O3. The van der Waals surface area contributed by atoms with Gasteiger partial charge in [-0.3, -0.25) is 14.9 Å². The Hall–Kier alpha value is -2.15. The maximum absolute atomic E-state index is 12.0. The largest absolute Gasteiger partial charge is 0.381 e. The average Bonchev–Trinajstić information content (AvgIpc) is 2.56. The summed E-state index contributed by atoms with van der Waals surface area (Å²) in [4.78, 5) is 22.0. The van der Waals surface area contributed by atoms with Crippen molar-refractivity contribution in [1.82, 2.24) is 5.32 Å². The number of nitro groups is 1. The van der Waals surface area contributed by atoms with Gasteiger partial charge in [-0.15, -0.1) is 0 Å². The zero-order valence-electron chi connectivity index (χ0n) is 12.6. The topological polar surface area (TPSA) is 84.3 Å². The van der Waals surface area contributed by atoms with E-state index in [1.807, 2.05) is 0 Å². The number of benzene rings is 2. The maximum atomic E-state index is 12.0. The van der Waals surface area contributed by atoms with Gasteiger partial charge in [-0.05, 0) is 24.3 Å². The number of non-ortho nitro benzene ring substituents is 1. The lowest BCUT2D eigenvalue weighted by Crippen LogP contribution is -2.28. The number of carbonyl (C=O) groups excluding carboxylic acids is 1. The van der Waals surface area contributed by atoms with Crippen molar-refractivity contribution in [1.29, 1.82) is 0 Å². The minimum atomic E-state index is -0.502. The van der Waals surface area contributed by atoms with Crippen LogP contribution in [0.1, 0.15) is 10.4 Å². The molecule has 0 saturated heterocycles. The van der Waals surface area contributed by atoms with Gasteiger partial charge < -0.3 is 10.6 Å². The van der Waals surface area contributed by atoms with E-state index >= 15 is 0 Å². The molecule has 2 aromatic carbocycles. The van der Waals surface area contributed by atoms with Gasteiger partial charge in [0.15, 0.2) is 5.78 Å². The Bertz CT molecular complexity index is 716. The fourth-order valence-electron chi connectivity index (χ4n) is 2.02. The van der Waals surface area contributed by atoms with Gasteiger partial charge >= 0.3 is 0 Å². The van der Waals surface area contributed by atoms with Crippen LogP contribution in [0.4, 0.5) is 11.4 Å². The van der Waals surface area contributed by atoms with E-state index in [0.29, 0.717) is 34.4 Å². The van der Waals surface area contributed by atoms with E-state index in [4.69, 9.17) is 23.2 Å². The molecule has 0 aliphatic heterocycles. The number of anilines is 1. The van der Waals surface area contributed by atoms with E-state index in [0.717, 1.165) is 0 Å². The molecule has 24 heavy (non-hydrogen) atoms. The Morgan fingerprint density at radius 3 is 2.25 bits per heavy atom. The van der Waals surface area contributed by atoms with Gasteiger partial charge in [-0.2, -0.15) is 0 Å². The van der Waals surface area contributed by atoms with Gasteiger partial charge in [0.05, 0.1) is 27.2 Å². The maximum Gasteiger partial charge on any atom is 0.269 e. The SMILES string of the molecule is O=C(CNCCNc1c(Cl)cccc1Cl)c1ccc([N+](=O)[O-])cc1. The van der Waals surface area contributed by atoms with Crippen LogP contribution in [-0.2, 0) is 0 Å². The summed E-state index contributed by atoms with van der Waals surface area (Å²) in [6.45, 7) is 1.20. The smallest absolute Gasteiger partial charge is 0.269 e. The average molecular weight is 368 g/mol. The summed E-state index contributed by atoms with van der Waals surface area (Å²) in [7, 11) is 0. The molecule has 0 aromatic heterocycles. The first-order valence-electron chi connectivity index (χ1n) is 7.15. The molecule has 0 aliphatic rings. The molecule has 2 rings (SSSR count). The van der Waals surface area contributed by atoms with Crippen LogP contribution in [-0.4, -0.2) is 30.3 Å². The van der Waals surface area contributed by atoms with Gasteiger partial charge in [0, 0.05) is 30.8 Å². The second kappa shape index (κ2) is 8.63. The second-order valence-electron chi connectivity index (χ2n) is 4.93. The molecular weight excluding hydrogens is 353 g/mol. The van der Waals surface area contributed by atoms with Crippen LogP contribution < -0.4 is 10.6 Å². The predicted octanol–water partition coefficient (Wildman–Crippen LogP) is 3.79. The summed E-state index contributed by atoms with van der Waals surface area (Å²) in [5, 5.41) is 17.7. The Kier molecular flexibility index (Phi) is 6.54. The molecule has 0 unspecified atom stereocenters. The highest BCUT2D eigenvalue weighted by Crippen LogP contribution is 2.29. The molecule has 0 heterocycles. The molecule has 0 spiro atoms. The Morgan fingerprint density at radius 2 is 1.67 bits per heavy atom. The number of hydrogen-bond acceptors (Lipinski definition) is 5. The minimum Gasteiger partial charge on any atom is -0.381 e. The zero-order valence-corrected chi connectivity index (χ0v) is 14.1. The van der Waals surface area contributed by atoms with Crippen LogP contribution in [0, 0.1) is 10.1 Å². The van der Waals surface area contributed by atoms with Crippen molar-refractivity contribution in [3.8, 4) is 0 Å². The van der Waals surface area contributed by atoms with Crippen LogP contribution in [0.3, 0.4) is 0 Å². The lowest BCUT2D eigenvalue weighted by Gasteiger charge is -2.10. The fourth-order valence-corrected chi connectivity index (χ4v) is 2.55. The number of Topliss-reactive ketones (excluding diaryl/α,β-unsaturated/α-hetero) is 1. The van der Waals surface area contributed by atoms with Crippen molar-refractivity contribution in [2.75, 3.05) is 25.0 Å². The lowest BCUT2D eigenvalue weighted by atomic mass is 10.1. The number of rotatable bonds is 8. The molecule has 8 heteroatoms. The highest BCUT2D eigenvalue weighted by Gasteiger charge is 2.09. The first-order valence-corrected chi connectivity index (χ1v) is 7.91. The summed E-state index contributed by atoms with van der Waals surface area (Å²) >= 11 is 12.1. The van der Waals surface area contributed by atoms with Gasteiger partial charge in [-0.25, -0.2) is 0 Å². The summed E-state index contributed by atoms with van der Waals surface area (Å²) in [6, 6.07) is 10.8. The van der Waals surface area contributed by atoms with Crippen molar-refractivity contribution in [3.63, 3.8) is 0 Å². The van der Waals surface area contributed by atoms with Crippen molar-refractivity contribution in [2.24, 2.45) is 0 Å². The van der Waals surface area contributed by atoms with E-state index in [2.05, 4.69) is 10.6 Å².